The van der Waals surface area contributed by atoms with E-state index in [0.29, 0.717) is 5.41 Å². The fourth-order valence-electron chi connectivity index (χ4n) is 3.65. The Morgan fingerprint density at radius 1 is 1.11 bits per heavy atom. The molecule has 0 aromatic carbocycles. The molecule has 3 nitrogen and oxygen atoms in total. The summed E-state index contributed by atoms with van der Waals surface area (Å²) >= 11 is 0. The Morgan fingerprint density at radius 3 is 2.42 bits per heavy atom. The molecule has 0 amide bonds. The van der Waals surface area contributed by atoms with E-state index in [4.69, 9.17) is 4.74 Å². The van der Waals surface area contributed by atoms with Crippen LogP contribution in [0.4, 0.5) is 0 Å². The zero-order valence-electron chi connectivity index (χ0n) is 12.5. The van der Waals surface area contributed by atoms with E-state index in [1.807, 2.05) is 0 Å². The maximum atomic E-state index is 5.49. The number of ether oxygens (including phenoxy) is 1. The normalized spacial score (nSPS) is 37.4. The van der Waals surface area contributed by atoms with E-state index in [0.717, 1.165) is 38.3 Å². The highest BCUT2D eigenvalue weighted by Gasteiger charge is 2.37. The van der Waals surface area contributed by atoms with Crippen molar-refractivity contribution in [3.8, 4) is 0 Å². The molecule has 3 fully saturated rings. The molecule has 19 heavy (non-hydrogen) atoms. The van der Waals surface area contributed by atoms with Gasteiger partial charge in [0, 0.05) is 32.2 Å². The van der Waals surface area contributed by atoms with Crippen LogP contribution in [-0.2, 0) is 4.74 Å². The third-order valence-electron chi connectivity index (χ3n) is 5.34. The third kappa shape index (κ3) is 3.93. The minimum absolute atomic E-state index is 0.548. The number of nitrogens with one attached hydrogen (secondary N) is 1. The quantitative estimate of drug-likeness (QED) is 0.826. The van der Waals surface area contributed by atoms with Crippen LogP contribution in [0.1, 0.15) is 45.4 Å². The summed E-state index contributed by atoms with van der Waals surface area (Å²) in [6.07, 6.45) is 8.51. The first-order valence-electron chi connectivity index (χ1n) is 8.29. The Hall–Kier alpha value is -0.120. The van der Waals surface area contributed by atoms with E-state index < -0.39 is 0 Å². The van der Waals surface area contributed by atoms with Gasteiger partial charge in [0.2, 0.25) is 0 Å². The van der Waals surface area contributed by atoms with E-state index in [1.54, 1.807) is 0 Å². The SMILES string of the molecule is CC1CCC(CNC2CC2)(CN2CCOCC2)CC1. The molecule has 110 valence electrons. The van der Waals surface area contributed by atoms with Gasteiger partial charge in [-0.15, -0.1) is 0 Å². The van der Waals surface area contributed by atoms with Crippen molar-refractivity contribution in [1.29, 1.82) is 0 Å². The van der Waals surface area contributed by atoms with Crippen molar-refractivity contribution in [3.05, 3.63) is 0 Å². The molecule has 0 unspecified atom stereocenters. The first kappa shape index (κ1) is 13.8. The highest BCUT2D eigenvalue weighted by molar-refractivity contribution is 4.92. The second-order valence-corrected chi connectivity index (χ2v) is 7.23. The summed E-state index contributed by atoms with van der Waals surface area (Å²) in [4.78, 5) is 2.65. The average Bonchev–Trinajstić information content (AvgIpc) is 3.25. The Labute approximate surface area is 118 Å². The molecule has 1 heterocycles. The fourth-order valence-corrected chi connectivity index (χ4v) is 3.65. The van der Waals surface area contributed by atoms with Gasteiger partial charge in [-0.25, -0.2) is 0 Å². The largest absolute Gasteiger partial charge is 0.379 e. The predicted molar refractivity (Wildman–Crippen MR) is 78.3 cm³/mol. The van der Waals surface area contributed by atoms with Gasteiger partial charge in [-0.05, 0) is 37.0 Å². The molecule has 0 radical (unpaired) electrons. The third-order valence-corrected chi connectivity index (χ3v) is 5.34. The van der Waals surface area contributed by atoms with Crippen molar-refractivity contribution < 1.29 is 4.74 Å². The monoisotopic (exact) mass is 266 g/mol. The van der Waals surface area contributed by atoms with Crippen LogP contribution in [0.2, 0.25) is 0 Å². The second-order valence-electron chi connectivity index (χ2n) is 7.23. The molecule has 3 heteroatoms. The van der Waals surface area contributed by atoms with Gasteiger partial charge in [0.25, 0.3) is 0 Å². The highest BCUT2D eigenvalue weighted by Crippen LogP contribution is 2.40. The molecule has 2 saturated carbocycles. The Morgan fingerprint density at radius 2 is 1.79 bits per heavy atom. The molecule has 2 aliphatic carbocycles. The lowest BCUT2D eigenvalue weighted by Gasteiger charge is -2.44. The lowest BCUT2D eigenvalue weighted by Crippen LogP contribution is -2.49. The van der Waals surface area contributed by atoms with Gasteiger partial charge in [-0.2, -0.15) is 0 Å². The topological polar surface area (TPSA) is 24.5 Å². The summed E-state index contributed by atoms with van der Waals surface area (Å²) < 4.78 is 5.49. The van der Waals surface area contributed by atoms with E-state index >= 15 is 0 Å². The molecule has 1 aliphatic heterocycles. The van der Waals surface area contributed by atoms with Crippen molar-refractivity contribution in [2.45, 2.75) is 51.5 Å². The maximum absolute atomic E-state index is 5.49. The minimum atomic E-state index is 0.548. The molecule has 0 spiro atoms. The average molecular weight is 266 g/mol. The Kier molecular flexibility index (Phi) is 4.45. The maximum Gasteiger partial charge on any atom is 0.0594 e. The van der Waals surface area contributed by atoms with Crippen LogP contribution in [0.25, 0.3) is 0 Å². The van der Waals surface area contributed by atoms with Gasteiger partial charge < -0.3 is 10.1 Å². The number of morpholine rings is 1. The first-order valence-corrected chi connectivity index (χ1v) is 8.29. The summed E-state index contributed by atoms with van der Waals surface area (Å²) in [5.74, 6) is 0.943. The van der Waals surface area contributed by atoms with Gasteiger partial charge in [-0.1, -0.05) is 19.8 Å². The Balaban J connectivity index is 1.57. The van der Waals surface area contributed by atoms with Gasteiger partial charge in [-0.3, -0.25) is 4.90 Å². The number of rotatable bonds is 5. The van der Waals surface area contributed by atoms with Crippen LogP contribution in [0.3, 0.4) is 0 Å². The van der Waals surface area contributed by atoms with Crippen LogP contribution >= 0.6 is 0 Å². The molecule has 0 aromatic rings. The van der Waals surface area contributed by atoms with Gasteiger partial charge in [0.15, 0.2) is 0 Å². The van der Waals surface area contributed by atoms with E-state index in [-0.39, 0.29) is 0 Å². The molecular formula is C16H30N2O. The Bertz CT molecular complexity index is 276. The summed E-state index contributed by atoms with van der Waals surface area (Å²) in [5.41, 5.74) is 0.548. The first-order chi connectivity index (χ1) is 9.26. The molecule has 3 aliphatic rings. The van der Waals surface area contributed by atoms with Crippen LogP contribution in [0.5, 0.6) is 0 Å². The zero-order valence-corrected chi connectivity index (χ0v) is 12.5. The number of hydrogen-bond donors (Lipinski definition) is 1. The van der Waals surface area contributed by atoms with E-state index in [2.05, 4.69) is 17.1 Å². The number of nitrogens with zero attached hydrogens (tertiary/aromatic N) is 1. The fraction of sp³-hybridized carbons (Fsp3) is 1.00. The molecule has 0 aromatic heterocycles. The van der Waals surface area contributed by atoms with Crippen LogP contribution in [0, 0.1) is 11.3 Å². The van der Waals surface area contributed by atoms with Crippen LogP contribution in [-0.4, -0.2) is 50.3 Å². The van der Waals surface area contributed by atoms with Crippen molar-refractivity contribution >= 4 is 0 Å². The van der Waals surface area contributed by atoms with Gasteiger partial charge >= 0.3 is 0 Å². The zero-order chi connectivity index (χ0) is 13.1. The van der Waals surface area contributed by atoms with E-state index in [1.165, 1.54) is 51.6 Å². The summed E-state index contributed by atoms with van der Waals surface area (Å²) in [5, 5.41) is 3.81. The molecule has 1 saturated heterocycles. The molecule has 3 rings (SSSR count). The van der Waals surface area contributed by atoms with Gasteiger partial charge in [0.05, 0.1) is 13.2 Å². The number of hydrogen-bond acceptors (Lipinski definition) is 3. The second kappa shape index (κ2) is 6.11. The van der Waals surface area contributed by atoms with Crippen molar-refractivity contribution in [1.82, 2.24) is 10.2 Å². The predicted octanol–water partition coefficient (Wildman–Crippen LogP) is 2.27. The molecule has 1 N–H and O–H groups in total. The van der Waals surface area contributed by atoms with Crippen molar-refractivity contribution in [3.63, 3.8) is 0 Å². The highest BCUT2D eigenvalue weighted by atomic mass is 16.5. The van der Waals surface area contributed by atoms with Gasteiger partial charge in [0.1, 0.15) is 0 Å². The lowest BCUT2D eigenvalue weighted by molar-refractivity contribution is 0.00376. The van der Waals surface area contributed by atoms with Crippen molar-refractivity contribution in [2.75, 3.05) is 39.4 Å². The summed E-state index contributed by atoms with van der Waals surface area (Å²) in [7, 11) is 0. The summed E-state index contributed by atoms with van der Waals surface area (Å²) in [6, 6.07) is 0.848. The van der Waals surface area contributed by atoms with Crippen LogP contribution < -0.4 is 5.32 Å². The molecular weight excluding hydrogens is 236 g/mol. The summed E-state index contributed by atoms with van der Waals surface area (Å²) in [6.45, 7) is 9.12. The van der Waals surface area contributed by atoms with E-state index in [9.17, 15) is 0 Å². The molecule has 0 bridgehead atoms. The van der Waals surface area contributed by atoms with Crippen LogP contribution in [0.15, 0.2) is 0 Å². The molecule has 0 atom stereocenters. The lowest BCUT2D eigenvalue weighted by atomic mass is 9.70. The van der Waals surface area contributed by atoms with Crippen molar-refractivity contribution in [2.24, 2.45) is 11.3 Å². The smallest absolute Gasteiger partial charge is 0.0594 e. The standard InChI is InChI=1S/C16H30N2O/c1-14-4-6-16(7-5-14,12-17-15-2-3-15)13-18-8-10-19-11-9-18/h14-15,17H,2-13H2,1H3. The minimum Gasteiger partial charge on any atom is -0.379 e.